The van der Waals surface area contributed by atoms with Gasteiger partial charge in [-0.2, -0.15) is 0 Å². The SMILES string of the molecule is CCCN1C(=O)C(=O)/C(=C(/O)c2cc(OC)ccc2OC)C1c1ccc(O)c(OCC)c1. The highest BCUT2D eigenvalue weighted by Crippen LogP contribution is 2.43. The minimum atomic E-state index is -0.856. The highest BCUT2D eigenvalue weighted by atomic mass is 16.5. The van der Waals surface area contributed by atoms with Gasteiger partial charge in [-0.25, -0.2) is 0 Å². The second kappa shape index (κ2) is 9.64. The number of nitrogens with zero attached hydrogens (tertiary/aromatic N) is 1. The molecule has 1 aliphatic rings. The summed E-state index contributed by atoms with van der Waals surface area (Å²) in [7, 11) is 2.93. The van der Waals surface area contributed by atoms with E-state index in [2.05, 4.69) is 0 Å². The second-order valence-corrected chi connectivity index (χ2v) is 7.22. The van der Waals surface area contributed by atoms with Gasteiger partial charge in [-0.05, 0) is 49.2 Å². The number of aliphatic hydroxyl groups is 1. The average molecular weight is 441 g/mol. The van der Waals surface area contributed by atoms with Crippen molar-refractivity contribution >= 4 is 17.4 Å². The van der Waals surface area contributed by atoms with Gasteiger partial charge < -0.3 is 29.3 Å². The number of phenolic OH excluding ortho intramolecular Hbond substituents is 1. The maximum Gasteiger partial charge on any atom is 0.295 e. The molecule has 32 heavy (non-hydrogen) atoms. The van der Waals surface area contributed by atoms with Crippen LogP contribution in [0.2, 0.25) is 0 Å². The van der Waals surface area contributed by atoms with E-state index in [1.165, 1.54) is 25.2 Å². The number of hydrogen-bond acceptors (Lipinski definition) is 7. The van der Waals surface area contributed by atoms with Crippen molar-refractivity contribution in [3.63, 3.8) is 0 Å². The molecule has 1 unspecified atom stereocenters. The summed E-state index contributed by atoms with van der Waals surface area (Å²) in [5.74, 6) is -0.917. The summed E-state index contributed by atoms with van der Waals surface area (Å²) >= 11 is 0. The van der Waals surface area contributed by atoms with Gasteiger partial charge in [-0.1, -0.05) is 13.0 Å². The lowest BCUT2D eigenvalue weighted by Gasteiger charge is -2.25. The molecular formula is C24H27NO7. The number of ketones is 1. The van der Waals surface area contributed by atoms with E-state index in [-0.39, 0.29) is 28.4 Å². The third-order valence-electron chi connectivity index (χ3n) is 5.27. The number of methoxy groups -OCH3 is 2. The highest BCUT2D eigenvalue weighted by molar-refractivity contribution is 6.46. The first-order chi connectivity index (χ1) is 15.4. The number of rotatable bonds is 8. The Morgan fingerprint density at radius 1 is 1.03 bits per heavy atom. The normalized spacial score (nSPS) is 17.5. The number of carbonyl (C=O) groups excluding carboxylic acids is 2. The maximum atomic E-state index is 13.1. The largest absolute Gasteiger partial charge is 0.507 e. The van der Waals surface area contributed by atoms with Crippen LogP contribution in [0.25, 0.3) is 5.76 Å². The van der Waals surface area contributed by atoms with Crippen molar-refractivity contribution in [3.05, 3.63) is 53.1 Å². The summed E-state index contributed by atoms with van der Waals surface area (Å²) in [6, 6.07) is 8.59. The van der Waals surface area contributed by atoms with Gasteiger partial charge in [0.2, 0.25) is 0 Å². The monoisotopic (exact) mass is 441 g/mol. The Labute approximate surface area is 186 Å². The van der Waals surface area contributed by atoms with Crippen LogP contribution in [0.4, 0.5) is 0 Å². The molecule has 3 rings (SSSR count). The number of hydrogen-bond donors (Lipinski definition) is 2. The van der Waals surface area contributed by atoms with Crippen LogP contribution in [-0.2, 0) is 9.59 Å². The van der Waals surface area contributed by atoms with Crippen molar-refractivity contribution in [2.24, 2.45) is 0 Å². The highest BCUT2D eigenvalue weighted by Gasteiger charge is 2.46. The summed E-state index contributed by atoms with van der Waals surface area (Å²) in [5.41, 5.74) is 0.695. The van der Waals surface area contributed by atoms with Crippen molar-refractivity contribution in [2.75, 3.05) is 27.4 Å². The first-order valence-electron chi connectivity index (χ1n) is 10.3. The Bertz CT molecular complexity index is 1060. The Morgan fingerprint density at radius 2 is 1.78 bits per heavy atom. The molecule has 1 fully saturated rings. The third kappa shape index (κ3) is 4.08. The number of carbonyl (C=O) groups is 2. The van der Waals surface area contributed by atoms with Gasteiger partial charge in [0, 0.05) is 6.54 Å². The molecule has 1 atom stereocenters. The molecule has 0 spiro atoms. The van der Waals surface area contributed by atoms with Crippen LogP contribution in [0.3, 0.4) is 0 Å². The zero-order chi connectivity index (χ0) is 23.4. The van der Waals surface area contributed by atoms with Crippen LogP contribution in [0.15, 0.2) is 42.0 Å². The summed E-state index contributed by atoms with van der Waals surface area (Å²) < 4.78 is 16.1. The fraction of sp³-hybridized carbons (Fsp3) is 0.333. The first-order valence-corrected chi connectivity index (χ1v) is 10.3. The Kier molecular flexibility index (Phi) is 6.92. The molecule has 0 saturated carbocycles. The molecule has 8 nitrogen and oxygen atoms in total. The number of ether oxygens (including phenoxy) is 3. The summed E-state index contributed by atoms with van der Waals surface area (Å²) in [6.45, 7) is 4.31. The number of likely N-dealkylation sites (tertiary alicyclic amines) is 1. The van der Waals surface area contributed by atoms with Crippen LogP contribution in [-0.4, -0.2) is 54.2 Å². The van der Waals surface area contributed by atoms with Crippen molar-refractivity contribution < 1.29 is 34.0 Å². The quantitative estimate of drug-likeness (QED) is 0.366. The molecule has 2 N–H and O–H groups in total. The Balaban J connectivity index is 2.26. The predicted molar refractivity (Wildman–Crippen MR) is 118 cm³/mol. The second-order valence-electron chi connectivity index (χ2n) is 7.22. The lowest BCUT2D eigenvalue weighted by atomic mass is 9.94. The molecule has 170 valence electrons. The van der Waals surface area contributed by atoms with Crippen molar-refractivity contribution in [1.82, 2.24) is 4.90 Å². The molecule has 1 aliphatic heterocycles. The molecule has 1 saturated heterocycles. The van der Waals surface area contributed by atoms with Crippen molar-refractivity contribution in [1.29, 1.82) is 0 Å². The number of amides is 1. The Morgan fingerprint density at radius 3 is 2.41 bits per heavy atom. The summed E-state index contributed by atoms with van der Waals surface area (Å²) in [5, 5.41) is 21.3. The Hall–Kier alpha value is -3.68. The minimum absolute atomic E-state index is 0.0579. The number of benzene rings is 2. The van der Waals surface area contributed by atoms with Gasteiger partial charge in [0.1, 0.15) is 17.3 Å². The van der Waals surface area contributed by atoms with Gasteiger partial charge in [-0.3, -0.25) is 9.59 Å². The predicted octanol–water partition coefficient (Wildman–Crippen LogP) is 3.64. The molecule has 1 heterocycles. The number of phenols is 1. The van der Waals surface area contributed by atoms with Crippen LogP contribution in [0.5, 0.6) is 23.0 Å². The van der Waals surface area contributed by atoms with E-state index in [0.717, 1.165) is 0 Å². The molecule has 2 aromatic carbocycles. The van der Waals surface area contributed by atoms with Gasteiger partial charge in [0.05, 0.1) is 38.0 Å². The van der Waals surface area contributed by atoms with E-state index in [1.807, 2.05) is 6.92 Å². The van der Waals surface area contributed by atoms with E-state index in [9.17, 15) is 19.8 Å². The molecule has 1 amide bonds. The zero-order valence-corrected chi connectivity index (χ0v) is 18.5. The van der Waals surface area contributed by atoms with Crippen molar-refractivity contribution in [3.8, 4) is 23.0 Å². The van der Waals surface area contributed by atoms with Crippen LogP contribution >= 0.6 is 0 Å². The average Bonchev–Trinajstić information content (AvgIpc) is 3.05. The molecule has 0 aromatic heterocycles. The smallest absolute Gasteiger partial charge is 0.295 e. The van der Waals surface area contributed by atoms with Crippen LogP contribution in [0, 0.1) is 0 Å². The van der Waals surface area contributed by atoms with Gasteiger partial charge in [0.15, 0.2) is 11.5 Å². The topological polar surface area (TPSA) is 106 Å². The molecule has 0 radical (unpaired) electrons. The molecule has 2 aromatic rings. The zero-order valence-electron chi connectivity index (χ0n) is 18.5. The van der Waals surface area contributed by atoms with Gasteiger partial charge in [-0.15, -0.1) is 0 Å². The van der Waals surface area contributed by atoms with E-state index >= 15 is 0 Å². The first kappa shape index (κ1) is 23.0. The lowest BCUT2D eigenvalue weighted by molar-refractivity contribution is -0.139. The molecule has 0 aliphatic carbocycles. The standard InChI is InChI=1S/C24H27NO7/c1-5-11-25-21(14-7-9-17(26)19(12-14)32-6-2)20(23(28)24(25)29)22(27)16-13-15(30-3)8-10-18(16)31-4/h7-10,12-13,21,26-27H,5-6,11H2,1-4H3/b22-20+. The summed E-state index contributed by atoms with van der Waals surface area (Å²) in [6.07, 6.45) is 0.614. The van der Waals surface area contributed by atoms with E-state index < -0.39 is 17.7 Å². The number of Topliss-reactive ketones (excluding diaryl/α,β-unsaturated/α-hetero) is 1. The number of aliphatic hydroxyl groups excluding tert-OH is 1. The van der Waals surface area contributed by atoms with E-state index in [0.29, 0.717) is 36.6 Å². The minimum Gasteiger partial charge on any atom is -0.507 e. The maximum absolute atomic E-state index is 13.1. The fourth-order valence-electron chi connectivity index (χ4n) is 3.81. The van der Waals surface area contributed by atoms with E-state index in [1.54, 1.807) is 37.3 Å². The number of aromatic hydroxyl groups is 1. The van der Waals surface area contributed by atoms with Crippen LogP contribution in [0.1, 0.15) is 37.4 Å². The summed E-state index contributed by atoms with van der Waals surface area (Å²) in [4.78, 5) is 27.4. The van der Waals surface area contributed by atoms with Gasteiger partial charge in [0.25, 0.3) is 11.7 Å². The fourth-order valence-corrected chi connectivity index (χ4v) is 3.81. The van der Waals surface area contributed by atoms with Crippen molar-refractivity contribution in [2.45, 2.75) is 26.3 Å². The third-order valence-corrected chi connectivity index (χ3v) is 5.27. The van der Waals surface area contributed by atoms with Gasteiger partial charge >= 0.3 is 0 Å². The lowest BCUT2D eigenvalue weighted by Crippen LogP contribution is -2.30. The molecule has 8 heteroatoms. The molecular weight excluding hydrogens is 414 g/mol. The van der Waals surface area contributed by atoms with E-state index in [4.69, 9.17) is 14.2 Å². The molecule has 0 bridgehead atoms. The van der Waals surface area contributed by atoms with Crippen LogP contribution < -0.4 is 14.2 Å².